The molecule has 1 amide bonds. The van der Waals surface area contributed by atoms with Crippen molar-refractivity contribution in [1.29, 1.82) is 0 Å². The number of hydrogen-bond donors (Lipinski definition) is 1. The molecule has 1 aliphatic heterocycles. The topological polar surface area (TPSA) is 50.7 Å². The predicted octanol–water partition coefficient (Wildman–Crippen LogP) is 5.39. The summed E-state index contributed by atoms with van der Waals surface area (Å²) in [5, 5.41) is 3.33. The molecule has 29 heavy (non-hydrogen) atoms. The number of amidine groups is 1. The second-order valence-electron chi connectivity index (χ2n) is 6.29. The Morgan fingerprint density at radius 1 is 1.00 bits per heavy atom. The fourth-order valence-electron chi connectivity index (χ4n) is 2.87. The van der Waals surface area contributed by atoms with E-state index in [1.54, 1.807) is 6.07 Å². The van der Waals surface area contributed by atoms with E-state index in [4.69, 9.17) is 4.74 Å². The maximum absolute atomic E-state index is 13.9. The second-order valence-corrected chi connectivity index (χ2v) is 7.32. The van der Waals surface area contributed by atoms with Crippen LogP contribution in [0.2, 0.25) is 0 Å². The molecule has 0 aromatic heterocycles. The van der Waals surface area contributed by atoms with Gasteiger partial charge in [-0.05, 0) is 58.8 Å². The average molecular weight is 404 g/mol. The number of nitrogens with one attached hydrogen (secondary N) is 1. The molecule has 0 spiro atoms. The Morgan fingerprint density at radius 2 is 1.72 bits per heavy atom. The average Bonchev–Trinajstić information content (AvgIpc) is 3.08. The monoisotopic (exact) mass is 404 g/mol. The Balaban J connectivity index is 1.52. The van der Waals surface area contributed by atoms with Crippen LogP contribution in [0.15, 0.2) is 82.7 Å². The highest BCUT2D eigenvalue weighted by Gasteiger charge is 2.23. The molecule has 4 nitrogen and oxygen atoms in total. The van der Waals surface area contributed by atoms with Crippen LogP contribution >= 0.6 is 11.8 Å². The molecule has 0 bridgehead atoms. The first-order chi connectivity index (χ1) is 14.1. The summed E-state index contributed by atoms with van der Waals surface area (Å²) in [4.78, 5) is 17.2. The summed E-state index contributed by atoms with van der Waals surface area (Å²) < 4.78 is 18.9. The van der Waals surface area contributed by atoms with E-state index in [1.807, 2.05) is 66.7 Å². The van der Waals surface area contributed by atoms with Crippen LogP contribution in [0.3, 0.4) is 0 Å². The maximum Gasteiger partial charge on any atom is 0.264 e. The zero-order chi connectivity index (χ0) is 20.2. The number of rotatable bonds is 4. The summed E-state index contributed by atoms with van der Waals surface area (Å²) >= 11 is 1.30. The van der Waals surface area contributed by atoms with Crippen molar-refractivity contribution in [1.82, 2.24) is 5.32 Å². The summed E-state index contributed by atoms with van der Waals surface area (Å²) in [7, 11) is 1.44. The van der Waals surface area contributed by atoms with Gasteiger partial charge in [0.25, 0.3) is 5.91 Å². The van der Waals surface area contributed by atoms with Gasteiger partial charge in [0.15, 0.2) is 16.7 Å². The van der Waals surface area contributed by atoms with Crippen LogP contribution in [0.4, 0.5) is 10.1 Å². The highest BCUT2D eigenvalue weighted by atomic mass is 32.2. The summed E-state index contributed by atoms with van der Waals surface area (Å²) in [6.07, 6.45) is 1.81. The summed E-state index contributed by atoms with van der Waals surface area (Å²) in [6, 6.07) is 21.9. The molecule has 1 fully saturated rings. The van der Waals surface area contributed by atoms with Crippen LogP contribution in [0.5, 0.6) is 5.75 Å². The van der Waals surface area contributed by atoms with Crippen LogP contribution < -0.4 is 10.1 Å². The Bertz CT molecular complexity index is 1110. The lowest BCUT2D eigenvalue weighted by molar-refractivity contribution is -0.115. The number of thioether (sulfide) groups is 1. The number of nitrogens with zero attached hydrogens (tertiary/aromatic N) is 1. The quantitative estimate of drug-likeness (QED) is 0.593. The first-order valence-electron chi connectivity index (χ1n) is 8.91. The van der Waals surface area contributed by atoms with E-state index in [0.717, 1.165) is 22.4 Å². The number of ether oxygens (including phenoxy) is 1. The number of methoxy groups -OCH3 is 1. The van der Waals surface area contributed by atoms with Gasteiger partial charge in [-0.3, -0.25) is 4.79 Å². The molecule has 0 unspecified atom stereocenters. The van der Waals surface area contributed by atoms with Crippen LogP contribution in [0, 0.1) is 5.82 Å². The van der Waals surface area contributed by atoms with E-state index in [0.29, 0.717) is 10.1 Å². The molecule has 3 aromatic rings. The molecule has 3 aromatic carbocycles. The molecule has 0 atom stereocenters. The molecule has 0 aliphatic carbocycles. The molecular weight excluding hydrogens is 387 g/mol. The Morgan fingerprint density at radius 3 is 2.41 bits per heavy atom. The lowest BCUT2D eigenvalue weighted by atomic mass is 10.0. The minimum absolute atomic E-state index is 0.175. The molecule has 1 heterocycles. The van der Waals surface area contributed by atoms with Gasteiger partial charge >= 0.3 is 0 Å². The minimum Gasteiger partial charge on any atom is -0.494 e. The standard InChI is InChI=1S/C23H17FN2O2S/c1-28-20-12-11-17(14-19(20)24)16-9-7-15(8-10-16)13-21-22(27)26-23(29-21)25-18-5-3-2-4-6-18/h2-14H,1H3,(H,25,26,27). The fraction of sp³-hybridized carbons (Fsp3) is 0.0435. The van der Waals surface area contributed by atoms with Crippen molar-refractivity contribution in [3.05, 3.63) is 89.1 Å². The number of aliphatic imine (C=N–C) groups is 1. The van der Waals surface area contributed by atoms with Crippen molar-refractivity contribution in [3.63, 3.8) is 0 Å². The van der Waals surface area contributed by atoms with Gasteiger partial charge in [0.1, 0.15) is 0 Å². The highest BCUT2D eigenvalue weighted by Crippen LogP contribution is 2.29. The third-order valence-electron chi connectivity index (χ3n) is 4.33. The summed E-state index contributed by atoms with van der Waals surface area (Å²) in [5.74, 6) is -0.362. The number of para-hydroxylation sites is 1. The number of benzene rings is 3. The molecular formula is C23H17FN2O2S. The highest BCUT2D eigenvalue weighted by molar-refractivity contribution is 8.18. The fourth-order valence-corrected chi connectivity index (χ4v) is 3.71. The number of carbonyl (C=O) groups excluding carboxylic acids is 1. The van der Waals surface area contributed by atoms with E-state index in [9.17, 15) is 9.18 Å². The lowest BCUT2D eigenvalue weighted by Crippen LogP contribution is -2.19. The van der Waals surface area contributed by atoms with Crippen LogP contribution in [-0.4, -0.2) is 18.2 Å². The van der Waals surface area contributed by atoms with Gasteiger partial charge in [0, 0.05) is 0 Å². The molecule has 0 saturated carbocycles. The van der Waals surface area contributed by atoms with E-state index in [2.05, 4.69) is 10.3 Å². The predicted molar refractivity (Wildman–Crippen MR) is 116 cm³/mol. The van der Waals surface area contributed by atoms with Crippen molar-refractivity contribution < 1.29 is 13.9 Å². The smallest absolute Gasteiger partial charge is 0.264 e. The maximum atomic E-state index is 13.9. The molecule has 1 N–H and O–H groups in total. The third kappa shape index (κ3) is 4.38. The zero-order valence-electron chi connectivity index (χ0n) is 15.6. The van der Waals surface area contributed by atoms with Gasteiger partial charge in [-0.15, -0.1) is 0 Å². The molecule has 144 valence electrons. The SMILES string of the molecule is COc1ccc(-c2ccc(C=C3SC(=Nc4ccccc4)NC3=O)cc2)cc1F. The first kappa shape index (κ1) is 19.0. The molecule has 1 saturated heterocycles. The van der Waals surface area contributed by atoms with E-state index in [1.165, 1.54) is 24.9 Å². The lowest BCUT2D eigenvalue weighted by Gasteiger charge is -2.06. The van der Waals surface area contributed by atoms with E-state index >= 15 is 0 Å². The van der Waals surface area contributed by atoms with Gasteiger partial charge in [-0.25, -0.2) is 9.38 Å². The van der Waals surface area contributed by atoms with Crippen molar-refractivity contribution in [3.8, 4) is 16.9 Å². The van der Waals surface area contributed by atoms with Crippen molar-refractivity contribution in [2.75, 3.05) is 7.11 Å². The number of halogens is 1. The van der Waals surface area contributed by atoms with Gasteiger partial charge in [0.2, 0.25) is 0 Å². The molecule has 0 radical (unpaired) electrons. The Labute approximate surface area is 172 Å². The molecule has 6 heteroatoms. The second kappa shape index (κ2) is 8.32. The number of amides is 1. The molecule has 1 aliphatic rings. The van der Waals surface area contributed by atoms with Gasteiger partial charge < -0.3 is 10.1 Å². The largest absolute Gasteiger partial charge is 0.494 e. The van der Waals surface area contributed by atoms with Crippen molar-refractivity contribution >= 4 is 34.6 Å². The van der Waals surface area contributed by atoms with Crippen molar-refractivity contribution in [2.45, 2.75) is 0 Å². The first-order valence-corrected chi connectivity index (χ1v) is 9.72. The summed E-state index contributed by atoms with van der Waals surface area (Å²) in [5.41, 5.74) is 3.30. The van der Waals surface area contributed by atoms with E-state index in [-0.39, 0.29) is 11.7 Å². The van der Waals surface area contributed by atoms with Gasteiger partial charge in [0.05, 0.1) is 17.7 Å². The number of hydrogen-bond acceptors (Lipinski definition) is 4. The third-order valence-corrected chi connectivity index (χ3v) is 5.24. The molecule has 4 rings (SSSR count). The summed E-state index contributed by atoms with van der Waals surface area (Å²) in [6.45, 7) is 0. The van der Waals surface area contributed by atoms with Crippen LogP contribution in [0.1, 0.15) is 5.56 Å². The Hall–Kier alpha value is -3.38. The zero-order valence-corrected chi connectivity index (χ0v) is 16.4. The minimum atomic E-state index is -0.402. The van der Waals surface area contributed by atoms with Crippen molar-refractivity contribution in [2.24, 2.45) is 4.99 Å². The van der Waals surface area contributed by atoms with E-state index < -0.39 is 5.82 Å². The van der Waals surface area contributed by atoms with Gasteiger partial charge in [-0.2, -0.15) is 0 Å². The Kier molecular flexibility index (Phi) is 5.44. The van der Waals surface area contributed by atoms with Crippen LogP contribution in [0.25, 0.3) is 17.2 Å². The number of carbonyl (C=O) groups is 1. The van der Waals surface area contributed by atoms with Gasteiger partial charge in [-0.1, -0.05) is 48.5 Å². The van der Waals surface area contributed by atoms with Crippen LogP contribution in [-0.2, 0) is 4.79 Å². The normalized spacial score (nSPS) is 16.3.